The number of unbranched alkanes of at least 4 members (excludes halogenated alkanes) is 27. The van der Waals surface area contributed by atoms with Crippen molar-refractivity contribution in [2.45, 2.75) is 250 Å². The Hall–Kier alpha value is -1.21. The predicted molar refractivity (Wildman–Crippen MR) is 219 cm³/mol. The van der Waals surface area contributed by atoms with E-state index in [0.717, 1.165) is 51.4 Å². The van der Waals surface area contributed by atoms with Crippen LogP contribution in [0.3, 0.4) is 0 Å². The quantitative estimate of drug-likeness (QED) is 0.0320. The zero-order chi connectivity index (χ0) is 37.5. The summed E-state index contributed by atoms with van der Waals surface area (Å²) in [5, 5.41) is 43.6. The monoisotopic (exact) mass is 722 g/mol. The number of hydrogen-bond acceptors (Lipinski definition) is 5. The van der Waals surface area contributed by atoms with Crippen LogP contribution >= 0.6 is 0 Å². The number of amides is 1. The number of aliphatic hydroxyl groups is 4. The lowest BCUT2D eigenvalue weighted by Crippen LogP contribution is -2.53. The summed E-state index contributed by atoms with van der Waals surface area (Å²) >= 11 is 0. The predicted octanol–water partition coefficient (Wildman–Crippen LogP) is 11.6. The van der Waals surface area contributed by atoms with Gasteiger partial charge in [-0.25, -0.2) is 0 Å². The highest BCUT2D eigenvalue weighted by atomic mass is 16.3. The Balaban J connectivity index is 3.78. The van der Waals surface area contributed by atoms with Crippen LogP contribution in [0.15, 0.2) is 24.3 Å². The third-order valence-electron chi connectivity index (χ3n) is 10.4. The standard InChI is InChI=1S/C45H87NO5/c1-3-5-7-9-11-13-15-17-19-20-21-22-23-25-26-28-30-32-34-36-38-42(48)44(50)41(40-47)46-45(51)43(49)39-37-35-33-31-29-27-24-18-16-14-12-10-8-6-4-2/h24,27,30,32,41-44,47-50H,3-23,25-26,28-29,31,33-40H2,1-2H3,(H,46,51)/b27-24-,32-30+. The van der Waals surface area contributed by atoms with E-state index in [2.05, 4.69) is 43.5 Å². The summed E-state index contributed by atoms with van der Waals surface area (Å²) in [6, 6.07) is -1.00. The van der Waals surface area contributed by atoms with Crippen LogP contribution in [-0.4, -0.2) is 57.3 Å². The molecule has 4 atom stereocenters. The molecule has 6 nitrogen and oxygen atoms in total. The second kappa shape index (κ2) is 40.0. The molecular weight excluding hydrogens is 634 g/mol. The maximum Gasteiger partial charge on any atom is 0.249 e. The van der Waals surface area contributed by atoms with E-state index in [9.17, 15) is 25.2 Å². The molecule has 0 aromatic rings. The van der Waals surface area contributed by atoms with Gasteiger partial charge >= 0.3 is 0 Å². The molecule has 0 rings (SSSR count). The van der Waals surface area contributed by atoms with E-state index in [-0.39, 0.29) is 0 Å². The maximum atomic E-state index is 12.5. The third kappa shape index (κ3) is 34.3. The zero-order valence-electron chi connectivity index (χ0n) is 33.9. The molecule has 0 saturated carbocycles. The molecule has 6 heteroatoms. The Morgan fingerprint density at radius 2 is 0.804 bits per heavy atom. The molecule has 51 heavy (non-hydrogen) atoms. The Bertz CT molecular complexity index is 772. The summed E-state index contributed by atoms with van der Waals surface area (Å²) in [6.07, 6.45) is 45.0. The first kappa shape index (κ1) is 49.8. The molecule has 0 bridgehead atoms. The molecule has 0 saturated heterocycles. The molecule has 0 heterocycles. The first-order valence-corrected chi connectivity index (χ1v) is 22.2. The molecule has 0 aromatic heterocycles. The van der Waals surface area contributed by atoms with E-state index in [0.29, 0.717) is 12.8 Å². The van der Waals surface area contributed by atoms with Crippen molar-refractivity contribution in [3.8, 4) is 0 Å². The van der Waals surface area contributed by atoms with Gasteiger partial charge in [0.25, 0.3) is 0 Å². The van der Waals surface area contributed by atoms with E-state index in [4.69, 9.17) is 0 Å². The average molecular weight is 722 g/mol. The summed E-state index contributed by atoms with van der Waals surface area (Å²) in [5.74, 6) is -0.602. The second-order valence-corrected chi connectivity index (χ2v) is 15.4. The SMILES string of the molecule is CCCCCCCCC/C=C\CCCCCCC(O)C(=O)NC(CO)C(O)C(O)CCC/C=C/CCCCCCCCCCCCCCCCC. The third-order valence-corrected chi connectivity index (χ3v) is 10.4. The minimum atomic E-state index is -1.28. The van der Waals surface area contributed by atoms with E-state index in [1.165, 1.54) is 148 Å². The Morgan fingerprint density at radius 1 is 0.471 bits per heavy atom. The molecule has 1 amide bonds. The molecular formula is C45H87NO5. The Morgan fingerprint density at radius 3 is 1.18 bits per heavy atom. The molecule has 0 aliphatic heterocycles. The number of aliphatic hydroxyl groups excluding tert-OH is 4. The summed E-state index contributed by atoms with van der Waals surface area (Å²) < 4.78 is 0. The number of carbonyl (C=O) groups is 1. The van der Waals surface area contributed by atoms with Crippen LogP contribution in [-0.2, 0) is 4.79 Å². The molecule has 4 unspecified atom stereocenters. The van der Waals surface area contributed by atoms with Crippen molar-refractivity contribution < 1.29 is 25.2 Å². The molecule has 0 aliphatic carbocycles. The molecule has 0 aromatic carbocycles. The fourth-order valence-corrected chi connectivity index (χ4v) is 6.81. The van der Waals surface area contributed by atoms with Crippen LogP contribution in [0.4, 0.5) is 0 Å². The van der Waals surface area contributed by atoms with Crippen LogP contribution in [0, 0.1) is 0 Å². The fourth-order valence-electron chi connectivity index (χ4n) is 6.81. The fraction of sp³-hybridized carbons (Fsp3) is 0.889. The van der Waals surface area contributed by atoms with Crippen LogP contribution in [0.1, 0.15) is 226 Å². The molecule has 0 radical (unpaired) electrons. The van der Waals surface area contributed by atoms with E-state index >= 15 is 0 Å². The van der Waals surface area contributed by atoms with Crippen LogP contribution in [0.2, 0.25) is 0 Å². The van der Waals surface area contributed by atoms with Gasteiger partial charge in [0.15, 0.2) is 0 Å². The Kier molecular flexibility index (Phi) is 39.0. The number of hydrogen-bond donors (Lipinski definition) is 5. The van der Waals surface area contributed by atoms with Crippen LogP contribution < -0.4 is 5.32 Å². The van der Waals surface area contributed by atoms with Crippen LogP contribution in [0.5, 0.6) is 0 Å². The van der Waals surface area contributed by atoms with Crippen molar-refractivity contribution in [3.63, 3.8) is 0 Å². The molecule has 5 N–H and O–H groups in total. The largest absolute Gasteiger partial charge is 0.394 e. The highest BCUT2D eigenvalue weighted by Gasteiger charge is 2.28. The van der Waals surface area contributed by atoms with Crippen molar-refractivity contribution in [3.05, 3.63) is 24.3 Å². The summed E-state index contributed by atoms with van der Waals surface area (Å²) in [5.41, 5.74) is 0. The molecule has 0 fully saturated rings. The van der Waals surface area contributed by atoms with Crippen LogP contribution in [0.25, 0.3) is 0 Å². The number of nitrogens with one attached hydrogen (secondary N) is 1. The van der Waals surface area contributed by atoms with Gasteiger partial charge in [-0.1, -0.05) is 186 Å². The first-order chi connectivity index (χ1) is 25.0. The van der Waals surface area contributed by atoms with Gasteiger partial charge in [-0.05, 0) is 64.2 Å². The molecule has 0 aliphatic rings. The topological polar surface area (TPSA) is 110 Å². The lowest BCUT2D eigenvalue weighted by molar-refractivity contribution is -0.132. The zero-order valence-corrected chi connectivity index (χ0v) is 33.9. The maximum absolute atomic E-state index is 12.5. The number of rotatable bonds is 40. The van der Waals surface area contributed by atoms with Gasteiger partial charge < -0.3 is 25.7 Å². The first-order valence-electron chi connectivity index (χ1n) is 22.2. The highest BCUT2D eigenvalue weighted by Crippen LogP contribution is 2.15. The molecule has 302 valence electrons. The van der Waals surface area contributed by atoms with Gasteiger partial charge in [0.1, 0.15) is 12.2 Å². The van der Waals surface area contributed by atoms with Gasteiger partial charge in [-0.3, -0.25) is 4.79 Å². The smallest absolute Gasteiger partial charge is 0.249 e. The minimum Gasteiger partial charge on any atom is -0.394 e. The van der Waals surface area contributed by atoms with Gasteiger partial charge in [0, 0.05) is 0 Å². The van der Waals surface area contributed by atoms with E-state index in [1.54, 1.807) is 0 Å². The van der Waals surface area contributed by atoms with Gasteiger partial charge in [-0.2, -0.15) is 0 Å². The lowest BCUT2D eigenvalue weighted by atomic mass is 10.00. The van der Waals surface area contributed by atoms with Crippen molar-refractivity contribution in [2.24, 2.45) is 0 Å². The van der Waals surface area contributed by atoms with Crippen molar-refractivity contribution in [1.29, 1.82) is 0 Å². The minimum absolute atomic E-state index is 0.350. The van der Waals surface area contributed by atoms with E-state index in [1.807, 2.05) is 0 Å². The summed E-state index contributed by atoms with van der Waals surface area (Å²) in [4.78, 5) is 12.5. The van der Waals surface area contributed by atoms with Crippen molar-refractivity contribution >= 4 is 5.91 Å². The Labute approximate surface area is 316 Å². The highest BCUT2D eigenvalue weighted by molar-refractivity contribution is 5.80. The molecule has 0 spiro atoms. The normalized spacial score (nSPS) is 14.4. The van der Waals surface area contributed by atoms with E-state index < -0.39 is 36.9 Å². The van der Waals surface area contributed by atoms with Gasteiger partial charge in [0.05, 0.1) is 18.8 Å². The average Bonchev–Trinajstić information content (AvgIpc) is 3.13. The number of allylic oxidation sites excluding steroid dienone is 4. The van der Waals surface area contributed by atoms with Gasteiger partial charge in [0.2, 0.25) is 5.91 Å². The number of carbonyl (C=O) groups excluding carboxylic acids is 1. The second-order valence-electron chi connectivity index (χ2n) is 15.4. The van der Waals surface area contributed by atoms with Crippen molar-refractivity contribution in [1.82, 2.24) is 5.32 Å². The lowest BCUT2D eigenvalue weighted by Gasteiger charge is -2.27. The van der Waals surface area contributed by atoms with Crippen molar-refractivity contribution in [2.75, 3.05) is 6.61 Å². The summed E-state index contributed by atoms with van der Waals surface area (Å²) in [6.45, 7) is 4.03. The van der Waals surface area contributed by atoms with Gasteiger partial charge in [-0.15, -0.1) is 0 Å². The summed E-state index contributed by atoms with van der Waals surface area (Å²) in [7, 11) is 0.